The van der Waals surface area contributed by atoms with E-state index in [1.165, 1.54) is 0 Å². The molecule has 2 nitrogen and oxygen atoms in total. The molecule has 0 bridgehead atoms. The van der Waals surface area contributed by atoms with Gasteiger partial charge in [-0.3, -0.25) is 4.21 Å². The molecule has 0 aromatic heterocycles. The molecule has 0 aliphatic rings. The van der Waals surface area contributed by atoms with Gasteiger partial charge in [0, 0.05) is 4.90 Å². The third-order valence-electron chi connectivity index (χ3n) is 0.936. The van der Waals surface area contributed by atoms with Gasteiger partial charge < -0.3 is 4.55 Å². The van der Waals surface area contributed by atoms with Crippen LogP contribution in [-0.2, 0) is 11.1 Å². The van der Waals surface area contributed by atoms with Crippen molar-refractivity contribution in [2.24, 2.45) is 0 Å². The molecule has 1 aromatic carbocycles. The molecule has 0 aliphatic heterocycles. The molecule has 1 atom stereocenters. The second-order valence-electron chi connectivity index (χ2n) is 1.55. The van der Waals surface area contributed by atoms with Gasteiger partial charge >= 0.3 is 51.4 Å². The average Bonchev–Trinajstić information content (AvgIpc) is 1.90. The monoisotopic (exact) mass is 180 g/mol. The van der Waals surface area contributed by atoms with Gasteiger partial charge in [-0.25, -0.2) is 0 Å². The van der Waals surface area contributed by atoms with Crippen LogP contribution in [0.5, 0.6) is 0 Å². The van der Waals surface area contributed by atoms with Crippen molar-refractivity contribution in [1.82, 2.24) is 0 Å². The van der Waals surface area contributed by atoms with Crippen molar-refractivity contribution < 1.29 is 60.1 Å². The fourth-order valence-electron chi connectivity index (χ4n) is 0.532. The Morgan fingerprint density at radius 1 is 1.20 bits per heavy atom. The topological polar surface area (TPSA) is 40.1 Å². The Kier molecular flexibility index (Phi) is 6.14. The first kappa shape index (κ1) is 11.0. The molecule has 0 heterocycles. The summed E-state index contributed by atoms with van der Waals surface area (Å²) in [5.74, 6) is 0. The Hall–Kier alpha value is 0.966. The summed E-state index contributed by atoms with van der Waals surface area (Å²) < 4.78 is 20.4. The van der Waals surface area contributed by atoms with Crippen molar-refractivity contribution in [3.05, 3.63) is 30.3 Å². The Morgan fingerprint density at radius 2 is 1.70 bits per heavy atom. The van der Waals surface area contributed by atoms with E-state index in [1.54, 1.807) is 30.3 Å². The van der Waals surface area contributed by atoms with E-state index in [0.29, 0.717) is 4.90 Å². The maximum atomic E-state index is 10.2. The van der Waals surface area contributed by atoms with Crippen LogP contribution in [0.15, 0.2) is 35.2 Å². The average molecular weight is 180 g/mol. The molecule has 0 amide bonds. The minimum absolute atomic E-state index is 0. The van der Waals surface area contributed by atoms with Gasteiger partial charge in [-0.15, -0.1) is 0 Å². The van der Waals surface area contributed by atoms with E-state index in [2.05, 4.69) is 0 Å². The predicted octanol–water partition coefficient (Wildman–Crippen LogP) is -2.07. The summed E-state index contributed by atoms with van der Waals surface area (Å²) in [6.45, 7) is 0. The maximum absolute atomic E-state index is 10.2. The predicted molar refractivity (Wildman–Crippen MR) is 33.6 cm³/mol. The van der Waals surface area contributed by atoms with E-state index in [0.717, 1.165) is 0 Å². The third-order valence-corrected chi connectivity index (χ3v) is 1.59. The first-order valence-electron chi connectivity index (χ1n) is 2.45. The molecule has 4 heteroatoms. The van der Waals surface area contributed by atoms with Gasteiger partial charge in [0.15, 0.2) is 0 Å². The fourth-order valence-corrected chi connectivity index (χ4v) is 0.911. The molecule has 0 saturated heterocycles. The molecule has 0 radical (unpaired) electrons. The largest absolute Gasteiger partial charge is 1.00 e. The van der Waals surface area contributed by atoms with Crippen LogP contribution in [-0.4, -0.2) is 8.76 Å². The van der Waals surface area contributed by atoms with Crippen molar-refractivity contribution in [3.63, 3.8) is 0 Å². The zero-order valence-electron chi connectivity index (χ0n) is 5.61. The second kappa shape index (κ2) is 5.60. The normalized spacial score (nSPS) is 11.7. The van der Waals surface area contributed by atoms with Crippen LogP contribution >= 0.6 is 0 Å². The number of benzene rings is 1. The molecular weight excluding hydrogens is 175 g/mol. The van der Waals surface area contributed by atoms with Crippen LogP contribution in [0.1, 0.15) is 0 Å². The molecule has 0 N–H and O–H groups in total. The fraction of sp³-hybridized carbons (Fsp3) is 0. The van der Waals surface area contributed by atoms with E-state index in [1.807, 2.05) is 0 Å². The van der Waals surface area contributed by atoms with Gasteiger partial charge in [0.05, 0.1) is 0 Å². The van der Waals surface area contributed by atoms with Crippen molar-refractivity contribution in [2.75, 3.05) is 0 Å². The molecule has 0 fully saturated rings. The Bertz CT molecular complexity index is 212. The first-order valence-corrected chi connectivity index (χ1v) is 3.52. The SMILES string of the molecule is O=S([O-])c1ccccc1.[K+]. The van der Waals surface area contributed by atoms with Gasteiger partial charge in [-0.2, -0.15) is 0 Å². The minimum atomic E-state index is -2.08. The van der Waals surface area contributed by atoms with Crippen molar-refractivity contribution in [1.29, 1.82) is 0 Å². The molecule has 1 rings (SSSR count). The van der Waals surface area contributed by atoms with Crippen molar-refractivity contribution >= 4 is 11.1 Å². The zero-order valence-corrected chi connectivity index (χ0v) is 9.55. The van der Waals surface area contributed by atoms with E-state index in [4.69, 9.17) is 0 Å². The quantitative estimate of drug-likeness (QED) is 0.368. The van der Waals surface area contributed by atoms with Crippen molar-refractivity contribution in [2.45, 2.75) is 4.90 Å². The van der Waals surface area contributed by atoms with Crippen LogP contribution in [0.25, 0.3) is 0 Å². The van der Waals surface area contributed by atoms with E-state index < -0.39 is 11.1 Å². The molecule has 0 spiro atoms. The summed E-state index contributed by atoms with van der Waals surface area (Å²) in [5.41, 5.74) is 0. The number of hydrogen-bond donors (Lipinski definition) is 0. The summed E-state index contributed by atoms with van der Waals surface area (Å²) in [7, 11) is 0. The third kappa shape index (κ3) is 3.38. The summed E-state index contributed by atoms with van der Waals surface area (Å²) in [6.07, 6.45) is 0. The molecule has 0 aliphatic carbocycles. The van der Waals surface area contributed by atoms with Gasteiger partial charge in [-0.05, 0) is 23.2 Å². The molecule has 10 heavy (non-hydrogen) atoms. The van der Waals surface area contributed by atoms with Crippen LogP contribution in [0.3, 0.4) is 0 Å². The summed E-state index contributed by atoms with van der Waals surface area (Å²) in [4.78, 5) is 0.331. The smallest absolute Gasteiger partial charge is 0.768 e. The minimum Gasteiger partial charge on any atom is -0.768 e. The molecular formula is C6H5KO2S. The van der Waals surface area contributed by atoms with E-state index >= 15 is 0 Å². The van der Waals surface area contributed by atoms with Gasteiger partial charge in [-0.1, -0.05) is 18.2 Å². The molecule has 1 unspecified atom stereocenters. The number of hydrogen-bond acceptors (Lipinski definition) is 2. The molecule has 0 saturated carbocycles. The van der Waals surface area contributed by atoms with Gasteiger partial charge in [0.25, 0.3) is 0 Å². The maximum Gasteiger partial charge on any atom is 1.00 e. The number of rotatable bonds is 1. The van der Waals surface area contributed by atoms with Gasteiger partial charge in [0.2, 0.25) is 0 Å². The summed E-state index contributed by atoms with van der Waals surface area (Å²) >= 11 is -2.08. The van der Waals surface area contributed by atoms with Gasteiger partial charge in [0.1, 0.15) is 0 Å². The second-order valence-corrected chi connectivity index (χ2v) is 2.49. The molecule has 1 aromatic rings. The Balaban J connectivity index is 0.000000810. The Morgan fingerprint density at radius 3 is 2.00 bits per heavy atom. The van der Waals surface area contributed by atoms with Crippen LogP contribution in [0.4, 0.5) is 0 Å². The molecule has 48 valence electrons. The van der Waals surface area contributed by atoms with E-state index in [9.17, 15) is 8.76 Å². The summed E-state index contributed by atoms with van der Waals surface area (Å²) in [6, 6.07) is 8.23. The zero-order chi connectivity index (χ0) is 6.69. The summed E-state index contributed by atoms with van der Waals surface area (Å²) in [5, 5.41) is 0. The van der Waals surface area contributed by atoms with E-state index in [-0.39, 0.29) is 51.4 Å². The van der Waals surface area contributed by atoms with Crippen LogP contribution in [0, 0.1) is 0 Å². The first-order chi connectivity index (χ1) is 4.30. The standard InChI is InChI=1S/C6H6O2S.K/c7-9(8)6-4-2-1-3-5-6;/h1-5H,(H,7,8);/q;+1/p-1. The van der Waals surface area contributed by atoms with Crippen LogP contribution < -0.4 is 51.4 Å². The Labute approximate surface area is 105 Å². The van der Waals surface area contributed by atoms with Crippen molar-refractivity contribution in [3.8, 4) is 0 Å². The van der Waals surface area contributed by atoms with Crippen LogP contribution in [0.2, 0.25) is 0 Å².